The summed E-state index contributed by atoms with van der Waals surface area (Å²) in [6.45, 7) is 0.573. The Hall–Kier alpha value is -4.48. The third-order valence-electron chi connectivity index (χ3n) is 7.70. The second kappa shape index (κ2) is 14.3. The van der Waals surface area contributed by atoms with Crippen LogP contribution in [0.2, 0.25) is 0 Å². The van der Waals surface area contributed by atoms with Crippen LogP contribution in [0.1, 0.15) is 34.3 Å². The van der Waals surface area contributed by atoms with Crippen molar-refractivity contribution >= 4 is 17.7 Å². The number of nitrogens with one attached hydrogen (secondary N) is 1. The molecule has 2 N–H and O–H groups in total. The van der Waals surface area contributed by atoms with Crippen LogP contribution in [0, 0.1) is 5.82 Å². The van der Waals surface area contributed by atoms with E-state index in [1.54, 1.807) is 41.3 Å². The number of methoxy groups -OCH3 is 1. The Bertz CT molecular complexity index is 1500. The topological polar surface area (TPSA) is 118 Å². The molecule has 3 amide bonds. The van der Waals surface area contributed by atoms with E-state index in [1.807, 2.05) is 18.2 Å². The first-order valence-corrected chi connectivity index (χ1v) is 14.6. The monoisotopic (exact) mass is 605 g/mol. The van der Waals surface area contributed by atoms with Gasteiger partial charge in [0.05, 0.1) is 38.8 Å². The van der Waals surface area contributed by atoms with Gasteiger partial charge in [-0.1, -0.05) is 24.3 Å². The fraction of sp³-hybridized carbons (Fsp3) is 0.364. The number of fused-ring (bicyclic) bond motifs is 5. The number of piperidine rings is 1. The Balaban J connectivity index is 1.42. The molecular formula is C33H36FN3O7. The first-order valence-electron chi connectivity index (χ1n) is 14.6. The van der Waals surface area contributed by atoms with Gasteiger partial charge in [0.2, 0.25) is 11.8 Å². The van der Waals surface area contributed by atoms with Crippen LogP contribution in [0.15, 0.2) is 66.7 Å². The second-order valence-electron chi connectivity index (χ2n) is 10.9. The van der Waals surface area contributed by atoms with Gasteiger partial charge in [0.1, 0.15) is 11.6 Å². The SMILES string of the molecule is COc1ccc2cc1Oc1cccc(c1)CO[C@H]1CCN(C(=O)Cc3cccc(F)c3)C[C@@H]1NC(=O)CN(CCCO)C2=O. The third kappa shape index (κ3) is 7.72. The summed E-state index contributed by atoms with van der Waals surface area (Å²) in [7, 11) is 1.51. The highest BCUT2D eigenvalue weighted by Crippen LogP contribution is 2.33. The zero-order valence-electron chi connectivity index (χ0n) is 24.5. The quantitative estimate of drug-likeness (QED) is 0.443. The van der Waals surface area contributed by atoms with E-state index in [9.17, 15) is 23.9 Å². The van der Waals surface area contributed by atoms with Gasteiger partial charge >= 0.3 is 0 Å². The molecule has 3 aromatic rings. The molecule has 0 radical (unpaired) electrons. The largest absolute Gasteiger partial charge is 0.493 e. The summed E-state index contributed by atoms with van der Waals surface area (Å²) in [6, 6.07) is 17.5. The summed E-state index contributed by atoms with van der Waals surface area (Å²) in [5.74, 6) is -0.126. The maximum absolute atomic E-state index is 13.7. The minimum atomic E-state index is -0.553. The molecule has 4 bridgehead atoms. The lowest BCUT2D eigenvalue weighted by molar-refractivity contribution is -0.136. The van der Waals surface area contributed by atoms with Crippen LogP contribution in [0.5, 0.6) is 17.2 Å². The third-order valence-corrected chi connectivity index (χ3v) is 7.70. The van der Waals surface area contributed by atoms with Crippen molar-refractivity contribution < 1.29 is 38.1 Å². The first kappa shape index (κ1) is 31.0. The van der Waals surface area contributed by atoms with Crippen molar-refractivity contribution in [2.24, 2.45) is 0 Å². The molecular weight excluding hydrogens is 569 g/mol. The molecule has 0 saturated carbocycles. The zero-order chi connectivity index (χ0) is 31.1. The van der Waals surface area contributed by atoms with Crippen LogP contribution in [0.4, 0.5) is 4.39 Å². The number of carbonyl (C=O) groups excluding carboxylic acids is 3. The lowest BCUT2D eigenvalue weighted by Crippen LogP contribution is -2.58. The Morgan fingerprint density at radius 3 is 2.75 bits per heavy atom. The predicted molar refractivity (Wildman–Crippen MR) is 159 cm³/mol. The van der Waals surface area contributed by atoms with Gasteiger partial charge in [-0.25, -0.2) is 4.39 Å². The maximum Gasteiger partial charge on any atom is 0.254 e. The Morgan fingerprint density at radius 1 is 1.11 bits per heavy atom. The summed E-state index contributed by atoms with van der Waals surface area (Å²) in [5, 5.41) is 12.5. The van der Waals surface area contributed by atoms with E-state index < -0.39 is 29.8 Å². The van der Waals surface area contributed by atoms with Crippen LogP contribution in [0.3, 0.4) is 0 Å². The highest BCUT2D eigenvalue weighted by molar-refractivity contribution is 5.97. The number of aliphatic hydroxyl groups excluding tert-OH is 1. The van der Waals surface area contributed by atoms with Gasteiger partial charge in [-0.05, 0) is 66.4 Å². The predicted octanol–water partition coefficient (Wildman–Crippen LogP) is 3.31. The van der Waals surface area contributed by atoms with Gasteiger partial charge in [-0.15, -0.1) is 0 Å². The Morgan fingerprint density at radius 2 is 1.95 bits per heavy atom. The van der Waals surface area contributed by atoms with Gasteiger partial charge in [0.25, 0.3) is 5.91 Å². The molecule has 2 heterocycles. The van der Waals surface area contributed by atoms with Gasteiger partial charge in [0, 0.05) is 31.8 Å². The van der Waals surface area contributed by atoms with E-state index in [0.717, 1.165) is 5.56 Å². The molecule has 1 fully saturated rings. The normalized spacial score (nSPS) is 19.1. The van der Waals surface area contributed by atoms with E-state index in [-0.39, 0.29) is 51.6 Å². The molecule has 11 heteroatoms. The molecule has 2 aliphatic rings. The molecule has 44 heavy (non-hydrogen) atoms. The molecule has 2 atom stereocenters. The number of halogens is 1. The molecule has 232 valence electrons. The van der Waals surface area contributed by atoms with E-state index in [4.69, 9.17) is 14.2 Å². The fourth-order valence-corrected chi connectivity index (χ4v) is 5.47. The van der Waals surface area contributed by atoms with Crippen molar-refractivity contribution in [3.05, 3.63) is 89.2 Å². The number of hydrogen-bond acceptors (Lipinski definition) is 7. The molecule has 10 nitrogen and oxygen atoms in total. The molecule has 5 rings (SSSR count). The van der Waals surface area contributed by atoms with Crippen molar-refractivity contribution in [3.63, 3.8) is 0 Å². The molecule has 3 aromatic carbocycles. The fourth-order valence-electron chi connectivity index (χ4n) is 5.47. The number of nitrogens with zero attached hydrogens (tertiary/aromatic N) is 2. The van der Waals surface area contributed by atoms with Crippen molar-refractivity contribution in [3.8, 4) is 17.2 Å². The van der Waals surface area contributed by atoms with Crippen molar-refractivity contribution in [2.75, 3.05) is 39.9 Å². The maximum atomic E-state index is 13.7. The Kier molecular flexibility index (Phi) is 10.1. The molecule has 0 aliphatic carbocycles. The van der Waals surface area contributed by atoms with E-state index in [1.165, 1.54) is 24.1 Å². The van der Waals surface area contributed by atoms with Crippen LogP contribution >= 0.6 is 0 Å². The average molecular weight is 606 g/mol. The van der Waals surface area contributed by atoms with Crippen LogP contribution in [-0.4, -0.2) is 84.7 Å². The summed E-state index contributed by atoms with van der Waals surface area (Å²) in [4.78, 5) is 43.2. The van der Waals surface area contributed by atoms with E-state index in [0.29, 0.717) is 41.3 Å². The van der Waals surface area contributed by atoms with Gasteiger partial charge < -0.3 is 34.4 Å². The lowest BCUT2D eigenvalue weighted by atomic mass is 10.0. The standard InChI is InChI=1S/C33H36FN3O7/c1-42-29-10-9-24-18-30(29)44-26-8-3-6-23(16-26)21-43-28-11-13-36(32(40)17-22-5-2-7-25(34)15-22)19-27(28)35-31(39)20-37(33(24)41)12-4-14-38/h2-3,5-10,15-16,18,27-28,38H,4,11-14,17,19-21H2,1H3,(H,35,39)/t27-,28-/m0/s1. The molecule has 1 saturated heterocycles. The number of benzene rings is 3. The number of carbonyl (C=O) groups is 3. The van der Waals surface area contributed by atoms with Crippen molar-refractivity contribution in [1.29, 1.82) is 0 Å². The lowest BCUT2D eigenvalue weighted by Gasteiger charge is -2.39. The second-order valence-corrected chi connectivity index (χ2v) is 10.9. The van der Waals surface area contributed by atoms with Gasteiger partial charge in [-0.2, -0.15) is 0 Å². The minimum absolute atomic E-state index is 0.0318. The Labute approximate surface area is 255 Å². The summed E-state index contributed by atoms with van der Waals surface area (Å²) in [5.41, 5.74) is 1.70. The van der Waals surface area contributed by atoms with E-state index in [2.05, 4.69) is 5.32 Å². The molecule has 0 unspecified atom stereocenters. The van der Waals surface area contributed by atoms with Gasteiger partial charge in [-0.3, -0.25) is 14.4 Å². The summed E-state index contributed by atoms with van der Waals surface area (Å²) >= 11 is 0. The zero-order valence-corrected chi connectivity index (χ0v) is 24.5. The highest BCUT2D eigenvalue weighted by atomic mass is 19.1. The smallest absolute Gasteiger partial charge is 0.254 e. The first-order chi connectivity index (χ1) is 21.3. The van der Waals surface area contributed by atoms with Crippen LogP contribution < -0.4 is 14.8 Å². The minimum Gasteiger partial charge on any atom is -0.493 e. The van der Waals surface area contributed by atoms with E-state index >= 15 is 0 Å². The number of aliphatic hydroxyl groups is 1. The van der Waals surface area contributed by atoms with Crippen LogP contribution in [0.25, 0.3) is 0 Å². The molecule has 0 aromatic heterocycles. The number of rotatable bonds is 6. The highest BCUT2D eigenvalue weighted by Gasteiger charge is 2.34. The van der Waals surface area contributed by atoms with Crippen LogP contribution in [-0.2, 0) is 27.4 Å². The number of amides is 3. The average Bonchev–Trinajstić information content (AvgIpc) is 3.01. The summed E-state index contributed by atoms with van der Waals surface area (Å²) < 4.78 is 31.6. The van der Waals surface area contributed by atoms with Crippen molar-refractivity contribution in [1.82, 2.24) is 15.1 Å². The summed E-state index contributed by atoms with van der Waals surface area (Å²) in [6.07, 6.45) is 0.363. The number of likely N-dealkylation sites (tertiary alicyclic amines) is 1. The molecule has 0 spiro atoms. The van der Waals surface area contributed by atoms with Gasteiger partial charge in [0.15, 0.2) is 11.5 Å². The number of ether oxygens (including phenoxy) is 3. The molecule has 2 aliphatic heterocycles. The van der Waals surface area contributed by atoms with Crippen molar-refractivity contribution in [2.45, 2.75) is 38.0 Å². The number of hydrogen-bond donors (Lipinski definition) is 2.